The van der Waals surface area contributed by atoms with Gasteiger partial charge in [-0.3, -0.25) is 8.97 Å². The lowest BCUT2D eigenvalue weighted by molar-refractivity contribution is 0.0722. The highest BCUT2D eigenvalue weighted by Crippen LogP contribution is 2.28. The quantitative estimate of drug-likeness (QED) is 0.367. The van der Waals surface area contributed by atoms with Gasteiger partial charge in [-0.25, -0.2) is 13.4 Å². The van der Waals surface area contributed by atoms with Gasteiger partial charge in [0.15, 0.2) is 10.8 Å². The Labute approximate surface area is 181 Å². The van der Waals surface area contributed by atoms with E-state index in [4.69, 9.17) is 0 Å². The van der Waals surface area contributed by atoms with Crippen molar-refractivity contribution in [3.05, 3.63) is 48.4 Å². The van der Waals surface area contributed by atoms with Gasteiger partial charge in [-0.05, 0) is 24.3 Å². The number of sulfonamides is 1. The van der Waals surface area contributed by atoms with E-state index in [2.05, 4.69) is 15.2 Å². The fraction of sp³-hybridized carbons (Fsp3) is 0.316. The van der Waals surface area contributed by atoms with Crippen molar-refractivity contribution in [3.8, 4) is 0 Å². The summed E-state index contributed by atoms with van der Waals surface area (Å²) < 4.78 is 56.8. The second-order valence-corrected chi connectivity index (χ2v) is 9.50. The van der Waals surface area contributed by atoms with Gasteiger partial charge in [0.1, 0.15) is 5.82 Å². The first-order chi connectivity index (χ1) is 14.9. The molecule has 164 valence electrons. The second-order valence-electron chi connectivity index (χ2n) is 6.62. The molecule has 0 saturated carbocycles. The van der Waals surface area contributed by atoms with E-state index in [1.165, 1.54) is 16.6 Å². The molecular weight excluding hydrogens is 446 g/mol. The fourth-order valence-corrected chi connectivity index (χ4v) is 5.66. The zero-order chi connectivity index (χ0) is 22.2. The first-order valence-corrected chi connectivity index (χ1v) is 12.0. The van der Waals surface area contributed by atoms with Gasteiger partial charge in [-0.2, -0.15) is 13.1 Å². The third-order valence-electron chi connectivity index (χ3n) is 4.88. The molecule has 0 spiro atoms. The fourth-order valence-electron chi connectivity index (χ4n) is 3.36. The van der Waals surface area contributed by atoms with Gasteiger partial charge < -0.3 is 0 Å². The summed E-state index contributed by atoms with van der Waals surface area (Å²) in [6.45, 7) is 1.52. The third kappa shape index (κ3) is 3.90. The van der Waals surface area contributed by atoms with E-state index < -0.39 is 16.6 Å². The summed E-state index contributed by atoms with van der Waals surface area (Å²) in [5.41, 5.74) is 1.30. The van der Waals surface area contributed by atoms with Crippen LogP contribution in [-0.4, -0.2) is 50.0 Å². The average molecular weight is 467 g/mol. The van der Waals surface area contributed by atoms with E-state index in [1.807, 2.05) is 0 Å². The summed E-state index contributed by atoms with van der Waals surface area (Å²) in [6.07, 6.45) is 1.46. The van der Waals surface area contributed by atoms with Crippen LogP contribution in [0.3, 0.4) is 0 Å². The Hall–Kier alpha value is -2.57. The molecule has 31 heavy (non-hydrogen) atoms. The molecule has 0 atom stereocenters. The Morgan fingerprint density at radius 2 is 1.84 bits per heavy atom. The maximum absolute atomic E-state index is 13.6. The van der Waals surface area contributed by atoms with Crippen LogP contribution in [0.25, 0.3) is 16.7 Å². The molecule has 0 aliphatic rings. The number of hydrogen-bond donors (Lipinski definition) is 0. The molecule has 0 radical (unpaired) electrons. The lowest BCUT2D eigenvalue weighted by atomic mass is 10.3. The number of benzene rings is 1. The number of halogens is 2. The number of alkyl halides is 2. The minimum Gasteiger partial charge on any atom is -0.276 e. The van der Waals surface area contributed by atoms with Crippen molar-refractivity contribution in [2.75, 3.05) is 13.1 Å². The molecule has 0 N–H and O–H groups in total. The van der Waals surface area contributed by atoms with Crippen LogP contribution < -0.4 is 0 Å². The van der Waals surface area contributed by atoms with Crippen LogP contribution in [0.1, 0.15) is 26.2 Å². The summed E-state index contributed by atoms with van der Waals surface area (Å²) in [5, 5.41) is 8.53. The summed E-state index contributed by atoms with van der Waals surface area (Å²) in [4.78, 5) is 4.43. The first-order valence-electron chi connectivity index (χ1n) is 9.58. The summed E-state index contributed by atoms with van der Waals surface area (Å²) in [6, 6.07) is 9.76. The van der Waals surface area contributed by atoms with Crippen LogP contribution in [0.15, 0.2) is 52.6 Å². The highest BCUT2D eigenvalue weighted by atomic mass is 32.2. The Balaban J connectivity index is 1.67. The van der Waals surface area contributed by atoms with Crippen molar-refractivity contribution in [3.63, 3.8) is 0 Å². The van der Waals surface area contributed by atoms with Gasteiger partial charge in [0.2, 0.25) is 10.0 Å². The zero-order valence-corrected chi connectivity index (χ0v) is 18.4. The molecule has 0 amide bonds. The maximum atomic E-state index is 13.6. The zero-order valence-electron chi connectivity index (χ0n) is 16.8. The Morgan fingerprint density at radius 3 is 2.55 bits per heavy atom. The van der Waals surface area contributed by atoms with E-state index >= 15 is 0 Å². The Bertz CT molecular complexity index is 1330. The molecule has 0 fully saturated rings. The molecule has 1 aromatic carbocycles. The summed E-state index contributed by atoms with van der Waals surface area (Å²) >= 11 is 1.16. The van der Waals surface area contributed by atoms with Crippen molar-refractivity contribution in [1.29, 1.82) is 0 Å². The molecule has 12 heteroatoms. The predicted molar refractivity (Wildman–Crippen MR) is 114 cm³/mol. The van der Waals surface area contributed by atoms with Crippen molar-refractivity contribution in [2.45, 2.75) is 36.2 Å². The molecule has 3 heterocycles. The summed E-state index contributed by atoms with van der Waals surface area (Å²) in [5.74, 6) is 0.317. The van der Waals surface area contributed by atoms with E-state index in [0.717, 1.165) is 16.3 Å². The molecule has 0 aliphatic heterocycles. The lowest BCUT2D eigenvalue weighted by Gasteiger charge is -2.18. The molecular formula is C19H20F2N6O2S2. The van der Waals surface area contributed by atoms with Crippen LogP contribution in [0.5, 0.6) is 0 Å². The van der Waals surface area contributed by atoms with Crippen LogP contribution in [-0.2, 0) is 15.8 Å². The molecule has 3 aromatic heterocycles. The third-order valence-corrected chi connectivity index (χ3v) is 7.85. The monoisotopic (exact) mass is 466 g/mol. The van der Waals surface area contributed by atoms with Crippen molar-refractivity contribution >= 4 is 38.5 Å². The molecule has 0 saturated heterocycles. The minimum absolute atomic E-state index is 0.116. The number of fused-ring (bicyclic) bond motifs is 2. The van der Waals surface area contributed by atoms with Crippen molar-refractivity contribution in [2.24, 2.45) is 0 Å². The molecule has 4 aromatic rings. The standard InChI is InChI=1S/C19H20F2N6O2S2/c1-3-25(4-2)31(28,29)13-9-10-16-23-24-19(26(16)11-13)30-12-17-22-14-7-5-6-8-15(14)27(17)18(20)21/h5-11,18H,3-4,12H2,1-2H3. The van der Waals surface area contributed by atoms with E-state index in [-0.39, 0.29) is 16.5 Å². The van der Waals surface area contributed by atoms with Crippen LogP contribution >= 0.6 is 11.8 Å². The number of pyridine rings is 1. The van der Waals surface area contributed by atoms with Crippen molar-refractivity contribution in [1.82, 2.24) is 28.5 Å². The lowest BCUT2D eigenvalue weighted by Crippen LogP contribution is -2.30. The largest absolute Gasteiger partial charge is 0.320 e. The average Bonchev–Trinajstić information content (AvgIpc) is 3.33. The SMILES string of the molecule is CCN(CC)S(=O)(=O)c1ccc2nnc(SCc3nc4ccccc4n3C(F)F)n2c1. The Kier molecular flexibility index (Phi) is 5.95. The molecule has 0 unspecified atom stereocenters. The molecule has 4 rings (SSSR count). The van der Waals surface area contributed by atoms with Gasteiger partial charge in [0.25, 0.3) is 0 Å². The number of para-hydroxylation sites is 2. The van der Waals surface area contributed by atoms with Gasteiger partial charge >= 0.3 is 6.55 Å². The van der Waals surface area contributed by atoms with E-state index in [9.17, 15) is 17.2 Å². The number of rotatable bonds is 8. The summed E-state index contributed by atoms with van der Waals surface area (Å²) in [7, 11) is -3.66. The number of thioether (sulfide) groups is 1. The first kappa shape index (κ1) is 21.7. The normalized spacial score (nSPS) is 12.6. The topological polar surface area (TPSA) is 85.4 Å². The number of nitrogens with zero attached hydrogens (tertiary/aromatic N) is 6. The molecule has 0 bridgehead atoms. The van der Waals surface area contributed by atoms with Crippen LogP contribution in [0.2, 0.25) is 0 Å². The number of hydrogen-bond acceptors (Lipinski definition) is 6. The van der Waals surface area contributed by atoms with Gasteiger partial charge in [0, 0.05) is 19.3 Å². The second kappa shape index (κ2) is 8.52. The maximum Gasteiger partial charge on any atom is 0.320 e. The highest BCUT2D eigenvalue weighted by molar-refractivity contribution is 7.98. The van der Waals surface area contributed by atoms with Crippen LogP contribution in [0, 0.1) is 0 Å². The highest BCUT2D eigenvalue weighted by Gasteiger charge is 2.23. The predicted octanol–water partition coefficient (Wildman–Crippen LogP) is 3.80. The van der Waals surface area contributed by atoms with Gasteiger partial charge in [-0.1, -0.05) is 37.7 Å². The number of aromatic nitrogens is 5. The molecule has 8 nitrogen and oxygen atoms in total. The van der Waals surface area contributed by atoms with Crippen LogP contribution in [0.4, 0.5) is 8.78 Å². The number of imidazole rings is 1. The molecule has 0 aliphatic carbocycles. The minimum atomic E-state index is -3.66. The smallest absolute Gasteiger partial charge is 0.276 e. The van der Waals surface area contributed by atoms with E-state index in [0.29, 0.717) is 34.9 Å². The van der Waals surface area contributed by atoms with Crippen molar-refractivity contribution < 1.29 is 17.2 Å². The van der Waals surface area contributed by atoms with Gasteiger partial charge in [-0.15, -0.1) is 10.2 Å². The van der Waals surface area contributed by atoms with E-state index in [1.54, 1.807) is 48.6 Å². The van der Waals surface area contributed by atoms with Gasteiger partial charge in [0.05, 0.1) is 21.7 Å². The Morgan fingerprint density at radius 1 is 1.10 bits per heavy atom.